The number of hydrogen-bond acceptors (Lipinski definition) is 3. The van der Waals surface area contributed by atoms with Gasteiger partial charge in [0.15, 0.2) is 0 Å². The molecule has 1 aliphatic rings. The van der Waals surface area contributed by atoms with Gasteiger partial charge < -0.3 is 11.1 Å². The van der Waals surface area contributed by atoms with E-state index in [0.717, 1.165) is 16.5 Å². The van der Waals surface area contributed by atoms with Crippen molar-refractivity contribution in [3.63, 3.8) is 0 Å². The normalized spacial score (nSPS) is 23.0. The van der Waals surface area contributed by atoms with Crippen molar-refractivity contribution in [1.29, 1.82) is 0 Å². The van der Waals surface area contributed by atoms with Crippen LogP contribution in [0.25, 0.3) is 0 Å². The molecule has 5 heteroatoms. The van der Waals surface area contributed by atoms with Gasteiger partial charge in [0.05, 0.1) is 10.6 Å². The summed E-state index contributed by atoms with van der Waals surface area (Å²) in [5, 5.41) is 4.91. The molecule has 2 rings (SSSR count). The predicted octanol–water partition coefficient (Wildman–Crippen LogP) is 3.67. The Balaban J connectivity index is 2.15. The Labute approximate surface area is 123 Å². The smallest absolute Gasteiger partial charge is 0.107 e. The standard InChI is InChI=1S/C13H17ClN2S2/c1-18-9-6-5-8(7-9)16-11-4-2-3-10(14)12(11)13(15)17/h2-4,8-9,16H,5-7H2,1H3,(H2,15,17). The second kappa shape index (κ2) is 6.13. The molecule has 0 saturated heterocycles. The maximum absolute atomic E-state index is 6.15. The van der Waals surface area contributed by atoms with Gasteiger partial charge in [0, 0.05) is 17.0 Å². The molecular weight excluding hydrogens is 284 g/mol. The number of anilines is 1. The van der Waals surface area contributed by atoms with Crippen molar-refractivity contribution < 1.29 is 0 Å². The second-order valence-electron chi connectivity index (χ2n) is 4.54. The minimum absolute atomic E-state index is 0.350. The Kier molecular flexibility index (Phi) is 4.76. The van der Waals surface area contributed by atoms with E-state index in [0.29, 0.717) is 16.1 Å². The number of thiocarbonyl (C=S) groups is 1. The van der Waals surface area contributed by atoms with Crippen LogP contribution >= 0.6 is 35.6 Å². The molecule has 1 aliphatic carbocycles. The molecule has 1 aromatic carbocycles. The fourth-order valence-corrected chi connectivity index (χ4v) is 3.75. The van der Waals surface area contributed by atoms with Crippen LogP contribution < -0.4 is 11.1 Å². The van der Waals surface area contributed by atoms with E-state index in [1.54, 1.807) is 0 Å². The lowest BCUT2D eigenvalue weighted by Crippen LogP contribution is -2.20. The summed E-state index contributed by atoms with van der Waals surface area (Å²) in [6, 6.07) is 6.23. The SMILES string of the molecule is CSC1CCC(Nc2cccc(Cl)c2C(N)=S)C1. The summed E-state index contributed by atoms with van der Waals surface area (Å²) in [5.41, 5.74) is 7.47. The molecule has 0 amide bonds. The molecule has 1 saturated carbocycles. The molecule has 2 atom stereocenters. The average molecular weight is 301 g/mol. The third-order valence-corrected chi connectivity index (χ3v) is 4.95. The summed E-state index contributed by atoms with van der Waals surface area (Å²) in [5.74, 6) is 0. The number of nitrogens with one attached hydrogen (secondary N) is 1. The van der Waals surface area contributed by atoms with E-state index in [2.05, 4.69) is 11.6 Å². The third-order valence-electron chi connectivity index (χ3n) is 3.34. The van der Waals surface area contributed by atoms with Crippen LogP contribution in [0.3, 0.4) is 0 Å². The highest BCUT2D eigenvalue weighted by Crippen LogP contribution is 2.32. The Bertz CT molecular complexity index is 451. The van der Waals surface area contributed by atoms with Crippen molar-refractivity contribution in [2.45, 2.75) is 30.6 Å². The molecule has 0 heterocycles. The Morgan fingerprint density at radius 1 is 1.50 bits per heavy atom. The number of hydrogen-bond donors (Lipinski definition) is 2. The fourth-order valence-electron chi connectivity index (χ4n) is 2.40. The summed E-state index contributed by atoms with van der Waals surface area (Å²) >= 11 is 13.2. The molecule has 98 valence electrons. The van der Waals surface area contributed by atoms with Gasteiger partial charge in [-0.1, -0.05) is 29.9 Å². The van der Waals surface area contributed by atoms with E-state index >= 15 is 0 Å². The summed E-state index contributed by atoms with van der Waals surface area (Å²) in [6.07, 6.45) is 5.81. The van der Waals surface area contributed by atoms with Crippen LogP contribution in [0.5, 0.6) is 0 Å². The summed E-state index contributed by atoms with van der Waals surface area (Å²) < 4.78 is 0. The topological polar surface area (TPSA) is 38.0 Å². The Hall–Kier alpha value is -0.450. The van der Waals surface area contributed by atoms with Gasteiger partial charge in [-0.2, -0.15) is 11.8 Å². The number of nitrogens with two attached hydrogens (primary N) is 1. The summed E-state index contributed by atoms with van der Waals surface area (Å²) in [7, 11) is 0. The van der Waals surface area contributed by atoms with Crippen LogP contribution in [0.4, 0.5) is 5.69 Å². The quantitative estimate of drug-likeness (QED) is 0.832. The van der Waals surface area contributed by atoms with Gasteiger partial charge in [-0.15, -0.1) is 0 Å². The van der Waals surface area contributed by atoms with Crippen LogP contribution in [0.1, 0.15) is 24.8 Å². The number of benzene rings is 1. The molecule has 1 fully saturated rings. The lowest BCUT2D eigenvalue weighted by Gasteiger charge is -2.18. The van der Waals surface area contributed by atoms with Crippen molar-refractivity contribution in [3.05, 3.63) is 28.8 Å². The van der Waals surface area contributed by atoms with Gasteiger partial charge in [-0.05, 0) is 37.7 Å². The minimum atomic E-state index is 0.350. The lowest BCUT2D eigenvalue weighted by molar-refractivity contribution is 0.757. The van der Waals surface area contributed by atoms with Gasteiger partial charge in [0.2, 0.25) is 0 Å². The molecule has 18 heavy (non-hydrogen) atoms. The highest BCUT2D eigenvalue weighted by atomic mass is 35.5. The number of thioether (sulfide) groups is 1. The van der Waals surface area contributed by atoms with Crippen molar-refractivity contribution in [1.82, 2.24) is 0 Å². The molecule has 2 unspecified atom stereocenters. The molecule has 0 spiro atoms. The Morgan fingerprint density at radius 2 is 2.28 bits per heavy atom. The van der Waals surface area contributed by atoms with Gasteiger partial charge in [-0.3, -0.25) is 0 Å². The van der Waals surface area contributed by atoms with Crippen LogP contribution in [0.15, 0.2) is 18.2 Å². The zero-order valence-electron chi connectivity index (χ0n) is 10.3. The monoisotopic (exact) mass is 300 g/mol. The highest BCUT2D eigenvalue weighted by molar-refractivity contribution is 7.99. The minimum Gasteiger partial charge on any atom is -0.389 e. The molecule has 3 N–H and O–H groups in total. The molecular formula is C13H17ClN2S2. The van der Waals surface area contributed by atoms with Gasteiger partial charge in [0.1, 0.15) is 4.99 Å². The summed E-state index contributed by atoms with van der Waals surface area (Å²) in [6.45, 7) is 0. The van der Waals surface area contributed by atoms with E-state index in [-0.39, 0.29) is 0 Å². The fraction of sp³-hybridized carbons (Fsp3) is 0.462. The second-order valence-corrected chi connectivity index (χ2v) is 6.52. The van der Waals surface area contributed by atoms with Crippen LogP contribution in [-0.2, 0) is 0 Å². The van der Waals surface area contributed by atoms with Crippen LogP contribution in [0.2, 0.25) is 5.02 Å². The van der Waals surface area contributed by atoms with Gasteiger partial charge in [0.25, 0.3) is 0 Å². The predicted molar refractivity (Wildman–Crippen MR) is 85.9 cm³/mol. The zero-order valence-corrected chi connectivity index (χ0v) is 12.7. The first-order chi connectivity index (χ1) is 8.61. The van der Waals surface area contributed by atoms with Crippen molar-refractivity contribution in [3.8, 4) is 0 Å². The number of halogens is 1. The molecule has 0 radical (unpaired) electrons. The van der Waals surface area contributed by atoms with E-state index in [4.69, 9.17) is 29.6 Å². The van der Waals surface area contributed by atoms with Gasteiger partial charge in [-0.25, -0.2) is 0 Å². The zero-order chi connectivity index (χ0) is 13.1. The van der Waals surface area contributed by atoms with E-state index < -0.39 is 0 Å². The first-order valence-corrected chi connectivity index (χ1v) is 8.07. The van der Waals surface area contributed by atoms with E-state index in [9.17, 15) is 0 Å². The van der Waals surface area contributed by atoms with E-state index in [1.807, 2.05) is 30.0 Å². The molecule has 1 aromatic rings. The third kappa shape index (κ3) is 3.11. The van der Waals surface area contributed by atoms with Crippen LogP contribution in [0, 0.1) is 0 Å². The molecule has 0 aliphatic heterocycles. The largest absolute Gasteiger partial charge is 0.389 e. The van der Waals surface area contributed by atoms with Gasteiger partial charge >= 0.3 is 0 Å². The maximum Gasteiger partial charge on any atom is 0.107 e. The first kappa shape index (κ1) is 14.0. The van der Waals surface area contributed by atoms with E-state index in [1.165, 1.54) is 19.3 Å². The lowest BCUT2D eigenvalue weighted by atomic mass is 10.1. The summed E-state index contributed by atoms with van der Waals surface area (Å²) in [4.78, 5) is 0.350. The highest BCUT2D eigenvalue weighted by Gasteiger charge is 2.24. The average Bonchev–Trinajstić information content (AvgIpc) is 2.76. The number of rotatable bonds is 4. The van der Waals surface area contributed by atoms with Crippen LogP contribution in [-0.4, -0.2) is 22.5 Å². The van der Waals surface area contributed by atoms with Crippen molar-refractivity contribution in [2.24, 2.45) is 5.73 Å². The first-order valence-electron chi connectivity index (χ1n) is 5.99. The Morgan fingerprint density at radius 3 is 2.89 bits per heavy atom. The molecule has 2 nitrogen and oxygen atoms in total. The molecule has 0 aromatic heterocycles. The van der Waals surface area contributed by atoms with Crippen molar-refractivity contribution in [2.75, 3.05) is 11.6 Å². The molecule has 0 bridgehead atoms. The van der Waals surface area contributed by atoms with Crippen molar-refractivity contribution >= 4 is 46.3 Å². The maximum atomic E-state index is 6.15.